The first-order valence-corrected chi connectivity index (χ1v) is 6.01. The molecule has 0 aliphatic heterocycles. The minimum Gasteiger partial charge on any atom is -0.493 e. The van der Waals surface area contributed by atoms with Crippen molar-refractivity contribution in [3.63, 3.8) is 0 Å². The van der Waals surface area contributed by atoms with E-state index in [1.165, 1.54) is 0 Å². The summed E-state index contributed by atoms with van der Waals surface area (Å²) in [5.74, 6) is 0.0894. The Balaban J connectivity index is 2.35. The van der Waals surface area contributed by atoms with Gasteiger partial charge in [0.15, 0.2) is 0 Å². The summed E-state index contributed by atoms with van der Waals surface area (Å²) in [7, 11) is 0. The highest BCUT2D eigenvalue weighted by molar-refractivity contribution is 5.75. The molecule has 92 valence electrons. The number of hydrogen-bond acceptors (Lipinski definition) is 2. The van der Waals surface area contributed by atoms with E-state index < -0.39 is 5.97 Å². The van der Waals surface area contributed by atoms with Crippen LogP contribution in [0.1, 0.15) is 36.0 Å². The lowest BCUT2D eigenvalue weighted by Gasteiger charge is -2.14. The van der Waals surface area contributed by atoms with E-state index in [-0.39, 0.29) is 11.8 Å². The van der Waals surface area contributed by atoms with E-state index >= 15 is 0 Å². The molecule has 3 nitrogen and oxygen atoms in total. The molecule has 1 aromatic rings. The molecule has 1 aromatic carbocycles. The van der Waals surface area contributed by atoms with Crippen LogP contribution in [-0.4, -0.2) is 17.7 Å². The Hall–Kier alpha value is -1.51. The lowest BCUT2D eigenvalue weighted by Crippen LogP contribution is -2.03. The minimum atomic E-state index is -0.698. The Bertz CT molecular complexity index is 451. The lowest BCUT2D eigenvalue weighted by atomic mass is 10.0. The fraction of sp³-hybridized carbons (Fsp3) is 0.500. The highest BCUT2D eigenvalue weighted by Crippen LogP contribution is 2.51. The summed E-state index contributed by atoms with van der Waals surface area (Å²) in [6, 6.07) is 4.14. The van der Waals surface area contributed by atoms with Crippen LogP contribution in [0.2, 0.25) is 0 Å². The summed E-state index contributed by atoms with van der Waals surface area (Å²) in [6.45, 7) is 6.61. The quantitative estimate of drug-likeness (QED) is 0.871. The van der Waals surface area contributed by atoms with Gasteiger partial charge in [0, 0.05) is 5.92 Å². The molecule has 0 spiro atoms. The van der Waals surface area contributed by atoms with Gasteiger partial charge >= 0.3 is 5.97 Å². The van der Waals surface area contributed by atoms with Crippen LogP contribution in [0.3, 0.4) is 0 Å². The number of ether oxygens (including phenoxy) is 1. The third-order valence-electron chi connectivity index (χ3n) is 3.24. The van der Waals surface area contributed by atoms with Gasteiger partial charge in [-0.1, -0.05) is 17.7 Å². The lowest BCUT2D eigenvalue weighted by molar-refractivity contribution is -0.138. The number of aliphatic carboxylic acids is 1. The van der Waals surface area contributed by atoms with Crippen LogP contribution in [0, 0.1) is 19.8 Å². The van der Waals surface area contributed by atoms with Crippen molar-refractivity contribution in [3.8, 4) is 5.75 Å². The standard InChI is InChI=1S/C14H18O3/c1-4-17-13-9(3)5-8(2)6-11(13)10-7-12(10)14(15)16/h5-6,10,12H,4,7H2,1-3H3,(H,15,16). The van der Waals surface area contributed by atoms with Crippen molar-refractivity contribution < 1.29 is 14.6 Å². The van der Waals surface area contributed by atoms with Gasteiger partial charge < -0.3 is 9.84 Å². The predicted molar refractivity (Wildman–Crippen MR) is 65.6 cm³/mol. The first kappa shape index (κ1) is 12.0. The number of carbonyl (C=O) groups is 1. The Kier molecular flexibility index (Phi) is 3.09. The Morgan fingerprint density at radius 2 is 2.18 bits per heavy atom. The van der Waals surface area contributed by atoms with Gasteiger partial charge in [0.25, 0.3) is 0 Å². The van der Waals surface area contributed by atoms with Gasteiger partial charge in [0.2, 0.25) is 0 Å². The zero-order valence-electron chi connectivity index (χ0n) is 10.5. The molecule has 0 saturated heterocycles. The van der Waals surface area contributed by atoms with Gasteiger partial charge in [0.05, 0.1) is 12.5 Å². The van der Waals surface area contributed by atoms with E-state index in [4.69, 9.17) is 9.84 Å². The molecule has 1 fully saturated rings. The molecule has 0 aromatic heterocycles. The molecule has 2 unspecified atom stereocenters. The average molecular weight is 234 g/mol. The molecule has 17 heavy (non-hydrogen) atoms. The van der Waals surface area contributed by atoms with Crippen molar-refractivity contribution in [2.75, 3.05) is 6.61 Å². The zero-order valence-corrected chi connectivity index (χ0v) is 10.5. The van der Waals surface area contributed by atoms with Crippen LogP contribution in [-0.2, 0) is 4.79 Å². The van der Waals surface area contributed by atoms with E-state index in [1.54, 1.807) is 0 Å². The summed E-state index contributed by atoms with van der Waals surface area (Å²) in [6.07, 6.45) is 0.734. The topological polar surface area (TPSA) is 46.5 Å². The Morgan fingerprint density at radius 1 is 1.47 bits per heavy atom. The maximum Gasteiger partial charge on any atom is 0.307 e. The van der Waals surface area contributed by atoms with Crippen LogP contribution in [0.5, 0.6) is 5.75 Å². The largest absolute Gasteiger partial charge is 0.493 e. The molecule has 2 rings (SSSR count). The molecular weight excluding hydrogens is 216 g/mol. The van der Waals surface area contributed by atoms with Gasteiger partial charge in [-0.3, -0.25) is 4.79 Å². The van der Waals surface area contributed by atoms with Crippen LogP contribution in [0.15, 0.2) is 12.1 Å². The smallest absolute Gasteiger partial charge is 0.307 e. The second-order valence-corrected chi connectivity index (χ2v) is 4.72. The van der Waals surface area contributed by atoms with Crippen LogP contribution < -0.4 is 4.74 Å². The molecule has 1 aliphatic carbocycles. The second-order valence-electron chi connectivity index (χ2n) is 4.72. The van der Waals surface area contributed by atoms with Crippen molar-refractivity contribution in [1.82, 2.24) is 0 Å². The fourth-order valence-corrected chi connectivity index (χ4v) is 2.42. The van der Waals surface area contributed by atoms with Crippen molar-refractivity contribution >= 4 is 5.97 Å². The van der Waals surface area contributed by atoms with E-state index in [0.29, 0.717) is 6.61 Å². The summed E-state index contributed by atoms with van der Waals surface area (Å²) >= 11 is 0. The first-order chi connectivity index (χ1) is 8.04. The predicted octanol–water partition coefficient (Wildman–Crippen LogP) is 2.89. The third kappa shape index (κ3) is 2.28. The van der Waals surface area contributed by atoms with Gasteiger partial charge in [0.1, 0.15) is 5.75 Å². The van der Waals surface area contributed by atoms with Gasteiger partial charge in [-0.15, -0.1) is 0 Å². The van der Waals surface area contributed by atoms with Crippen molar-refractivity contribution in [1.29, 1.82) is 0 Å². The van der Waals surface area contributed by atoms with Crippen molar-refractivity contribution in [3.05, 3.63) is 28.8 Å². The average Bonchev–Trinajstić information content (AvgIpc) is 3.01. The number of benzene rings is 1. The van der Waals surface area contributed by atoms with Gasteiger partial charge in [-0.05, 0) is 38.3 Å². The van der Waals surface area contributed by atoms with E-state index in [0.717, 1.165) is 28.9 Å². The summed E-state index contributed by atoms with van der Waals surface area (Å²) in [5.41, 5.74) is 3.33. The van der Waals surface area contributed by atoms with Crippen LogP contribution >= 0.6 is 0 Å². The Labute approximate surface area is 101 Å². The molecule has 0 heterocycles. The van der Waals surface area contributed by atoms with Crippen molar-refractivity contribution in [2.45, 2.75) is 33.1 Å². The maximum absolute atomic E-state index is 10.9. The molecule has 0 radical (unpaired) electrons. The molecule has 1 saturated carbocycles. The highest BCUT2D eigenvalue weighted by atomic mass is 16.5. The first-order valence-electron chi connectivity index (χ1n) is 6.01. The molecule has 3 heteroatoms. The number of carboxylic acid groups (broad SMARTS) is 1. The second kappa shape index (κ2) is 4.40. The van der Waals surface area contributed by atoms with Crippen molar-refractivity contribution in [2.24, 2.45) is 5.92 Å². The van der Waals surface area contributed by atoms with E-state index in [2.05, 4.69) is 12.1 Å². The minimum absolute atomic E-state index is 0.132. The normalized spacial score (nSPS) is 22.3. The molecule has 0 bridgehead atoms. The summed E-state index contributed by atoms with van der Waals surface area (Å²) in [4.78, 5) is 10.9. The Morgan fingerprint density at radius 3 is 2.71 bits per heavy atom. The number of rotatable bonds is 4. The van der Waals surface area contributed by atoms with Crippen LogP contribution in [0.4, 0.5) is 0 Å². The van der Waals surface area contributed by atoms with E-state index in [9.17, 15) is 4.79 Å². The summed E-state index contributed by atoms with van der Waals surface area (Å²) in [5, 5.41) is 9.00. The molecular formula is C14H18O3. The molecule has 1 aliphatic rings. The third-order valence-corrected chi connectivity index (χ3v) is 3.24. The highest BCUT2D eigenvalue weighted by Gasteiger charge is 2.45. The zero-order chi connectivity index (χ0) is 12.6. The monoisotopic (exact) mass is 234 g/mol. The number of aryl methyl sites for hydroxylation is 2. The fourth-order valence-electron chi connectivity index (χ4n) is 2.42. The number of carboxylic acids is 1. The summed E-state index contributed by atoms with van der Waals surface area (Å²) < 4.78 is 5.66. The molecule has 2 atom stereocenters. The van der Waals surface area contributed by atoms with Gasteiger partial charge in [-0.25, -0.2) is 0 Å². The molecule has 1 N–H and O–H groups in total. The molecule has 0 amide bonds. The van der Waals surface area contributed by atoms with E-state index in [1.807, 2.05) is 20.8 Å². The SMILES string of the molecule is CCOc1c(C)cc(C)cc1C1CC1C(=O)O. The van der Waals surface area contributed by atoms with Gasteiger partial charge in [-0.2, -0.15) is 0 Å². The maximum atomic E-state index is 10.9. The van der Waals surface area contributed by atoms with Crippen LogP contribution in [0.25, 0.3) is 0 Å². The number of hydrogen-bond donors (Lipinski definition) is 1.